The van der Waals surface area contributed by atoms with E-state index < -0.39 is 18.0 Å². The first-order valence-electron chi connectivity index (χ1n) is 11.6. The second-order valence-electron chi connectivity index (χ2n) is 8.81. The Morgan fingerprint density at radius 1 is 1.18 bits per heavy atom. The van der Waals surface area contributed by atoms with Crippen molar-refractivity contribution in [3.63, 3.8) is 0 Å². The summed E-state index contributed by atoms with van der Waals surface area (Å²) >= 11 is 0. The number of piperazine rings is 1. The Hall–Kier alpha value is -3.39. The molecule has 0 aliphatic carbocycles. The van der Waals surface area contributed by atoms with Crippen molar-refractivity contribution >= 4 is 17.7 Å². The highest BCUT2D eigenvalue weighted by Crippen LogP contribution is 2.29. The molecule has 2 heterocycles. The van der Waals surface area contributed by atoms with Gasteiger partial charge in [-0.2, -0.15) is 0 Å². The largest absolute Gasteiger partial charge is 0.463 e. The highest BCUT2D eigenvalue weighted by atomic mass is 19.1. The molecule has 1 fully saturated rings. The van der Waals surface area contributed by atoms with Gasteiger partial charge in [-0.3, -0.25) is 4.90 Å². The number of hydrogen-bond acceptors (Lipinski definition) is 5. The maximum absolute atomic E-state index is 13.5. The van der Waals surface area contributed by atoms with Crippen molar-refractivity contribution in [2.75, 3.05) is 37.7 Å². The number of urea groups is 1. The number of nitrogens with zero attached hydrogens (tertiary/aromatic N) is 2. The van der Waals surface area contributed by atoms with Gasteiger partial charge in [-0.1, -0.05) is 24.3 Å². The third-order valence-corrected chi connectivity index (χ3v) is 6.28. The number of benzene rings is 2. The van der Waals surface area contributed by atoms with Gasteiger partial charge in [-0.15, -0.1) is 0 Å². The van der Waals surface area contributed by atoms with E-state index in [4.69, 9.17) is 4.74 Å². The average Bonchev–Trinajstić information content (AvgIpc) is 2.79. The van der Waals surface area contributed by atoms with Crippen molar-refractivity contribution in [3.05, 3.63) is 76.7 Å². The second kappa shape index (κ2) is 10.3. The first-order valence-corrected chi connectivity index (χ1v) is 11.6. The van der Waals surface area contributed by atoms with Crippen LogP contribution in [0.2, 0.25) is 0 Å². The Morgan fingerprint density at radius 2 is 1.94 bits per heavy atom. The van der Waals surface area contributed by atoms with Gasteiger partial charge in [0.05, 0.1) is 18.2 Å². The molecule has 0 spiro atoms. The van der Waals surface area contributed by atoms with Crippen LogP contribution in [0.5, 0.6) is 0 Å². The molecule has 7 nitrogen and oxygen atoms in total. The SMILES string of the molecule is CCOC(=O)C1=C(CN2CCN(c3cccc(C)c3)[C@@H](C)C2)NC(=O)N[C@@H]1c1ccc(F)cc1. The molecule has 2 aliphatic rings. The summed E-state index contributed by atoms with van der Waals surface area (Å²) in [7, 11) is 0. The molecule has 2 amide bonds. The zero-order chi connectivity index (χ0) is 24.2. The van der Waals surface area contributed by atoms with Crippen LogP contribution < -0.4 is 15.5 Å². The van der Waals surface area contributed by atoms with E-state index in [-0.39, 0.29) is 18.5 Å². The second-order valence-corrected chi connectivity index (χ2v) is 8.81. The number of rotatable bonds is 6. The normalized spacial score (nSPS) is 21.2. The zero-order valence-electron chi connectivity index (χ0n) is 19.8. The van der Waals surface area contributed by atoms with Crippen LogP contribution in [-0.4, -0.2) is 55.7 Å². The first kappa shape index (κ1) is 23.8. The van der Waals surface area contributed by atoms with Gasteiger partial charge in [0.25, 0.3) is 0 Å². The van der Waals surface area contributed by atoms with E-state index in [2.05, 4.69) is 58.5 Å². The number of carbonyl (C=O) groups is 2. The van der Waals surface area contributed by atoms with E-state index in [1.165, 1.54) is 23.4 Å². The van der Waals surface area contributed by atoms with E-state index in [0.717, 1.165) is 19.6 Å². The monoisotopic (exact) mass is 466 g/mol. The van der Waals surface area contributed by atoms with Crippen molar-refractivity contribution < 1.29 is 18.7 Å². The first-order chi connectivity index (χ1) is 16.4. The summed E-state index contributed by atoms with van der Waals surface area (Å²) in [6.45, 7) is 9.02. The molecule has 0 saturated carbocycles. The molecule has 2 N–H and O–H groups in total. The lowest BCUT2D eigenvalue weighted by Gasteiger charge is -2.42. The third-order valence-electron chi connectivity index (χ3n) is 6.28. The molecule has 8 heteroatoms. The van der Waals surface area contributed by atoms with Crippen LogP contribution >= 0.6 is 0 Å². The van der Waals surface area contributed by atoms with Crippen LogP contribution in [0.1, 0.15) is 31.0 Å². The number of nitrogens with one attached hydrogen (secondary N) is 2. The molecule has 2 aromatic rings. The molecular formula is C26H31FN4O3. The predicted molar refractivity (Wildman–Crippen MR) is 129 cm³/mol. The fraction of sp³-hybridized carbons (Fsp3) is 0.385. The number of hydrogen-bond donors (Lipinski definition) is 2. The van der Waals surface area contributed by atoms with Gasteiger partial charge in [0.15, 0.2) is 0 Å². The summed E-state index contributed by atoms with van der Waals surface area (Å²) in [6, 6.07) is 13.4. The minimum atomic E-state index is -0.714. The number of esters is 1. The summed E-state index contributed by atoms with van der Waals surface area (Å²) in [5.74, 6) is -0.878. The maximum Gasteiger partial charge on any atom is 0.338 e. The van der Waals surface area contributed by atoms with E-state index in [1.54, 1.807) is 19.1 Å². The highest BCUT2D eigenvalue weighted by Gasteiger charge is 2.35. The van der Waals surface area contributed by atoms with Gasteiger partial charge in [-0.05, 0) is 56.2 Å². The molecule has 0 unspecified atom stereocenters. The average molecular weight is 467 g/mol. The smallest absolute Gasteiger partial charge is 0.338 e. The van der Waals surface area contributed by atoms with Gasteiger partial charge in [0.1, 0.15) is 5.82 Å². The van der Waals surface area contributed by atoms with Gasteiger partial charge < -0.3 is 20.3 Å². The van der Waals surface area contributed by atoms with E-state index in [0.29, 0.717) is 23.4 Å². The fourth-order valence-electron chi connectivity index (χ4n) is 4.69. The minimum absolute atomic E-state index is 0.214. The lowest BCUT2D eigenvalue weighted by molar-refractivity contribution is -0.139. The molecule has 0 aromatic heterocycles. The maximum atomic E-state index is 13.5. The predicted octanol–water partition coefficient (Wildman–Crippen LogP) is 3.52. The molecule has 0 bridgehead atoms. The summed E-state index contributed by atoms with van der Waals surface area (Å²) < 4.78 is 18.8. The Kier molecular flexibility index (Phi) is 7.17. The number of ether oxygens (including phenoxy) is 1. The molecule has 34 heavy (non-hydrogen) atoms. The molecular weight excluding hydrogens is 435 g/mol. The topological polar surface area (TPSA) is 73.9 Å². The van der Waals surface area contributed by atoms with Crippen molar-refractivity contribution in [2.45, 2.75) is 32.9 Å². The van der Waals surface area contributed by atoms with E-state index >= 15 is 0 Å². The van der Waals surface area contributed by atoms with Crippen LogP contribution in [0.3, 0.4) is 0 Å². The summed E-state index contributed by atoms with van der Waals surface area (Å²) in [6.07, 6.45) is 0. The molecule has 1 saturated heterocycles. The number of aryl methyl sites for hydroxylation is 1. The van der Waals surface area contributed by atoms with Gasteiger partial charge >= 0.3 is 12.0 Å². The lowest BCUT2D eigenvalue weighted by atomic mass is 9.94. The summed E-state index contributed by atoms with van der Waals surface area (Å²) in [5, 5.41) is 5.62. The van der Waals surface area contributed by atoms with Crippen molar-refractivity contribution in [1.82, 2.24) is 15.5 Å². The van der Waals surface area contributed by atoms with Crippen molar-refractivity contribution in [3.8, 4) is 0 Å². The molecule has 2 aliphatic heterocycles. The fourth-order valence-corrected chi connectivity index (χ4v) is 4.69. The van der Waals surface area contributed by atoms with Gasteiger partial charge in [-0.25, -0.2) is 14.0 Å². The van der Waals surface area contributed by atoms with Crippen LogP contribution in [-0.2, 0) is 9.53 Å². The van der Waals surface area contributed by atoms with Crippen molar-refractivity contribution in [2.24, 2.45) is 0 Å². The third kappa shape index (κ3) is 5.22. The molecule has 2 atom stereocenters. The molecule has 0 radical (unpaired) electrons. The Labute approximate surface area is 199 Å². The summed E-state index contributed by atoms with van der Waals surface area (Å²) in [4.78, 5) is 30.1. The van der Waals surface area contributed by atoms with Crippen LogP contribution in [0, 0.1) is 12.7 Å². The minimum Gasteiger partial charge on any atom is -0.463 e. The van der Waals surface area contributed by atoms with Gasteiger partial charge in [0, 0.05) is 43.6 Å². The standard InChI is InChI=1S/C26H31FN4O3/c1-4-34-25(32)23-22(28-26(33)29-24(23)19-8-10-20(27)11-9-19)16-30-12-13-31(18(3)15-30)21-7-5-6-17(2)14-21/h5-11,14,18,24H,4,12-13,15-16H2,1-3H3,(H2,28,29,33)/t18-,24+/m0/s1. The van der Waals surface area contributed by atoms with Crippen molar-refractivity contribution in [1.29, 1.82) is 0 Å². The Balaban J connectivity index is 1.58. The van der Waals surface area contributed by atoms with Gasteiger partial charge in [0.2, 0.25) is 0 Å². The quantitative estimate of drug-likeness (QED) is 0.638. The summed E-state index contributed by atoms with van der Waals surface area (Å²) in [5.41, 5.74) is 3.91. The Morgan fingerprint density at radius 3 is 2.62 bits per heavy atom. The number of halogens is 1. The number of anilines is 1. The number of carbonyl (C=O) groups excluding carboxylic acids is 2. The van der Waals surface area contributed by atoms with Crippen LogP contribution in [0.15, 0.2) is 59.8 Å². The van der Waals surface area contributed by atoms with E-state index in [9.17, 15) is 14.0 Å². The van der Waals surface area contributed by atoms with Crippen LogP contribution in [0.4, 0.5) is 14.9 Å². The molecule has 2 aromatic carbocycles. The molecule has 180 valence electrons. The zero-order valence-corrected chi connectivity index (χ0v) is 19.8. The van der Waals surface area contributed by atoms with Crippen LogP contribution in [0.25, 0.3) is 0 Å². The highest BCUT2D eigenvalue weighted by molar-refractivity contribution is 5.95. The Bertz CT molecular complexity index is 1090. The lowest BCUT2D eigenvalue weighted by Crippen LogP contribution is -2.54. The van der Waals surface area contributed by atoms with E-state index in [1.807, 2.05) is 0 Å². The molecule has 4 rings (SSSR count). The number of amides is 2.